The Morgan fingerprint density at radius 3 is 2.78 bits per heavy atom. The number of carbonyl (C=O) groups is 1. The third-order valence-electron chi connectivity index (χ3n) is 5.35. The van der Waals surface area contributed by atoms with E-state index in [1.807, 2.05) is 6.92 Å². The largest absolute Gasteiger partial charge is 0.481 e. The lowest BCUT2D eigenvalue weighted by molar-refractivity contribution is -0.139. The monoisotopic (exact) mass is 449 g/mol. The summed E-state index contributed by atoms with van der Waals surface area (Å²) in [6.07, 6.45) is -0.691. The van der Waals surface area contributed by atoms with Crippen molar-refractivity contribution in [3.05, 3.63) is 24.2 Å². The van der Waals surface area contributed by atoms with Gasteiger partial charge in [0, 0.05) is 44.4 Å². The number of carbonyl (C=O) groups excluding carboxylic acids is 1. The first-order valence-corrected chi connectivity index (χ1v) is 10.1. The molecule has 12 heteroatoms. The van der Waals surface area contributed by atoms with Gasteiger partial charge in [0.2, 0.25) is 11.8 Å². The van der Waals surface area contributed by atoms with Crippen molar-refractivity contribution in [3.8, 4) is 17.3 Å². The van der Waals surface area contributed by atoms with Crippen LogP contribution in [0.3, 0.4) is 0 Å². The SMILES string of the molecule is CCC(=O)N1CCC(Nc2nc(-c3cnc(OC)c(C(F)(F)F)c3)nc3c2ncn3C)C1. The number of amides is 1. The van der Waals surface area contributed by atoms with E-state index in [2.05, 4.69) is 25.3 Å². The lowest BCUT2D eigenvalue weighted by Gasteiger charge is -2.17. The number of methoxy groups -OCH3 is 1. The number of nitrogens with zero attached hydrogens (tertiary/aromatic N) is 6. The van der Waals surface area contributed by atoms with E-state index in [1.54, 1.807) is 22.8 Å². The zero-order chi connectivity index (χ0) is 23.0. The van der Waals surface area contributed by atoms with Crippen molar-refractivity contribution in [1.82, 2.24) is 29.4 Å². The molecule has 9 nitrogen and oxygen atoms in total. The van der Waals surface area contributed by atoms with Gasteiger partial charge in [-0.2, -0.15) is 13.2 Å². The number of halogens is 3. The van der Waals surface area contributed by atoms with E-state index in [0.29, 0.717) is 36.5 Å². The molecule has 1 unspecified atom stereocenters. The molecule has 0 aliphatic carbocycles. The van der Waals surface area contributed by atoms with Gasteiger partial charge >= 0.3 is 6.18 Å². The summed E-state index contributed by atoms with van der Waals surface area (Å²) in [7, 11) is 2.87. The number of aryl methyl sites for hydroxylation is 1. The highest BCUT2D eigenvalue weighted by atomic mass is 19.4. The van der Waals surface area contributed by atoms with E-state index >= 15 is 0 Å². The number of nitrogens with one attached hydrogen (secondary N) is 1. The van der Waals surface area contributed by atoms with E-state index in [0.717, 1.165) is 19.6 Å². The molecular formula is C20H22F3N7O2. The molecule has 0 bridgehead atoms. The summed E-state index contributed by atoms with van der Waals surface area (Å²) in [5.74, 6) is 0.0204. The summed E-state index contributed by atoms with van der Waals surface area (Å²) < 4.78 is 46.8. The number of likely N-dealkylation sites (tertiary alicyclic amines) is 1. The maximum atomic E-state index is 13.5. The summed E-state index contributed by atoms with van der Waals surface area (Å²) in [5, 5.41) is 3.30. The molecule has 0 aromatic carbocycles. The number of pyridine rings is 1. The lowest BCUT2D eigenvalue weighted by Crippen LogP contribution is -2.31. The van der Waals surface area contributed by atoms with Crippen LogP contribution >= 0.6 is 0 Å². The van der Waals surface area contributed by atoms with Gasteiger partial charge in [0.25, 0.3) is 0 Å². The second-order valence-corrected chi connectivity index (χ2v) is 7.53. The van der Waals surface area contributed by atoms with E-state index < -0.39 is 17.6 Å². The summed E-state index contributed by atoms with van der Waals surface area (Å²) in [6, 6.07) is 0.864. The number of hydrogen-bond donors (Lipinski definition) is 1. The fraction of sp³-hybridized carbons (Fsp3) is 0.450. The van der Waals surface area contributed by atoms with Crippen LogP contribution in [0.1, 0.15) is 25.3 Å². The fourth-order valence-electron chi connectivity index (χ4n) is 3.70. The van der Waals surface area contributed by atoms with Crippen LogP contribution in [0.4, 0.5) is 19.0 Å². The Bertz CT molecular complexity index is 1160. The van der Waals surface area contributed by atoms with Crippen molar-refractivity contribution in [1.29, 1.82) is 0 Å². The van der Waals surface area contributed by atoms with Gasteiger partial charge in [-0.05, 0) is 12.5 Å². The summed E-state index contributed by atoms with van der Waals surface area (Å²) in [5.41, 5.74) is 0.0408. The molecule has 1 aliphatic rings. The fourth-order valence-corrected chi connectivity index (χ4v) is 3.70. The number of imidazole rings is 1. The van der Waals surface area contributed by atoms with Crippen molar-refractivity contribution < 1.29 is 22.7 Å². The predicted molar refractivity (Wildman–Crippen MR) is 110 cm³/mol. The van der Waals surface area contributed by atoms with Crippen LogP contribution in [-0.4, -0.2) is 61.6 Å². The van der Waals surface area contributed by atoms with Gasteiger partial charge in [-0.25, -0.2) is 19.9 Å². The van der Waals surface area contributed by atoms with E-state index in [1.165, 1.54) is 6.20 Å². The third-order valence-corrected chi connectivity index (χ3v) is 5.35. The molecule has 0 spiro atoms. The van der Waals surface area contributed by atoms with Crippen LogP contribution < -0.4 is 10.1 Å². The highest BCUT2D eigenvalue weighted by molar-refractivity contribution is 5.85. The molecule has 0 radical (unpaired) electrons. The van der Waals surface area contributed by atoms with Gasteiger partial charge in [-0.3, -0.25) is 4.79 Å². The Hall–Kier alpha value is -3.44. The molecule has 4 heterocycles. The maximum Gasteiger partial charge on any atom is 0.421 e. The minimum Gasteiger partial charge on any atom is -0.481 e. The smallest absolute Gasteiger partial charge is 0.421 e. The molecule has 1 fully saturated rings. The number of rotatable bonds is 5. The average molecular weight is 449 g/mol. The zero-order valence-corrected chi connectivity index (χ0v) is 17.8. The highest BCUT2D eigenvalue weighted by Crippen LogP contribution is 2.37. The molecule has 3 aromatic rings. The number of aromatic nitrogens is 5. The quantitative estimate of drug-likeness (QED) is 0.640. The molecular weight excluding hydrogens is 427 g/mol. The topological polar surface area (TPSA) is 98.1 Å². The number of alkyl halides is 3. The molecule has 1 atom stereocenters. The zero-order valence-electron chi connectivity index (χ0n) is 17.8. The molecule has 170 valence electrons. The Balaban J connectivity index is 1.73. The Morgan fingerprint density at radius 2 is 2.09 bits per heavy atom. The van der Waals surface area contributed by atoms with E-state index in [4.69, 9.17) is 4.74 Å². The van der Waals surface area contributed by atoms with Crippen LogP contribution in [0.5, 0.6) is 5.88 Å². The highest BCUT2D eigenvalue weighted by Gasteiger charge is 2.36. The number of anilines is 1. The van der Waals surface area contributed by atoms with E-state index in [-0.39, 0.29) is 23.3 Å². The van der Waals surface area contributed by atoms with E-state index in [9.17, 15) is 18.0 Å². The molecule has 1 aliphatic heterocycles. The van der Waals surface area contributed by atoms with Crippen LogP contribution in [0.2, 0.25) is 0 Å². The number of fused-ring (bicyclic) bond motifs is 1. The van der Waals surface area contributed by atoms with Crippen LogP contribution in [0.25, 0.3) is 22.6 Å². The van der Waals surface area contributed by atoms with Crippen molar-refractivity contribution in [3.63, 3.8) is 0 Å². The average Bonchev–Trinajstić information content (AvgIpc) is 3.39. The first kappa shape index (κ1) is 21.8. The molecule has 4 rings (SSSR count). The molecule has 1 N–H and O–H groups in total. The summed E-state index contributed by atoms with van der Waals surface area (Å²) >= 11 is 0. The number of ether oxygens (including phenoxy) is 1. The molecule has 0 saturated carbocycles. The van der Waals surface area contributed by atoms with Crippen LogP contribution in [0.15, 0.2) is 18.6 Å². The predicted octanol–water partition coefficient (Wildman–Crippen LogP) is 2.88. The van der Waals surface area contributed by atoms with Gasteiger partial charge in [-0.1, -0.05) is 6.92 Å². The minimum atomic E-state index is -4.65. The summed E-state index contributed by atoms with van der Waals surface area (Å²) in [6.45, 7) is 2.96. The first-order chi connectivity index (χ1) is 15.2. The van der Waals surface area contributed by atoms with Crippen molar-refractivity contribution in [2.24, 2.45) is 7.05 Å². The second kappa shape index (κ2) is 8.24. The molecule has 1 saturated heterocycles. The van der Waals surface area contributed by atoms with Crippen molar-refractivity contribution in [2.45, 2.75) is 32.0 Å². The van der Waals surface area contributed by atoms with Crippen molar-refractivity contribution in [2.75, 3.05) is 25.5 Å². The van der Waals surface area contributed by atoms with Gasteiger partial charge in [0.1, 0.15) is 11.1 Å². The standard InChI is InChI=1S/C20H22F3N7O2/c1-4-14(31)30-6-5-12(9-30)26-17-15-18(29(2)10-25-15)28-16(27-17)11-7-13(20(21,22)23)19(32-3)24-8-11/h7-8,10,12H,4-6,9H2,1-3H3,(H,26,27,28). The normalized spacial score (nSPS) is 16.6. The maximum absolute atomic E-state index is 13.5. The lowest BCUT2D eigenvalue weighted by atomic mass is 10.1. The molecule has 32 heavy (non-hydrogen) atoms. The minimum absolute atomic E-state index is 0.0572. The van der Waals surface area contributed by atoms with Crippen molar-refractivity contribution >= 4 is 22.9 Å². The molecule has 3 aromatic heterocycles. The molecule has 1 amide bonds. The van der Waals surface area contributed by atoms with Crippen LogP contribution in [0, 0.1) is 0 Å². The van der Waals surface area contributed by atoms with Gasteiger partial charge in [0.15, 0.2) is 17.3 Å². The Kier molecular flexibility index (Phi) is 5.61. The first-order valence-electron chi connectivity index (χ1n) is 10.1. The van der Waals surface area contributed by atoms with Crippen LogP contribution in [-0.2, 0) is 18.0 Å². The van der Waals surface area contributed by atoms with Gasteiger partial charge < -0.3 is 19.5 Å². The Morgan fingerprint density at radius 1 is 1.31 bits per heavy atom. The third kappa shape index (κ3) is 4.04. The van der Waals surface area contributed by atoms with Gasteiger partial charge in [0.05, 0.1) is 13.4 Å². The van der Waals surface area contributed by atoms with Gasteiger partial charge in [-0.15, -0.1) is 0 Å². The Labute approximate surface area is 181 Å². The second-order valence-electron chi connectivity index (χ2n) is 7.53. The summed E-state index contributed by atoms with van der Waals surface area (Å²) in [4.78, 5) is 30.8. The number of hydrogen-bond acceptors (Lipinski definition) is 7.